The van der Waals surface area contributed by atoms with Gasteiger partial charge in [0, 0.05) is 23.1 Å². The van der Waals surface area contributed by atoms with Gasteiger partial charge < -0.3 is 0 Å². The highest BCUT2D eigenvalue weighted by Gasteiger charge is 2.24. The minimum Gasteiger partial charge on any atom is -0.258 e. The molecule has 6 rings (SSSR count). The first-order chi connectivity index (χ1) is 15.2. The van der Waals surface area contributed by atoms with Crippen molar-refractivity contribution in [3.8, 4) is 22.4 Å². The number of benzene rings is 4. The van der Waals surface area contributed by atoms with Gasteiger partial charge in [0.05, 0.1) is 16.1 Å². The Morgan fingerprint density at radius 3 is 2.42 bits per heavy atom. The molecule has 0 N–H and O–H groups in total. The molecule has 1 aliphatic carbocycles. The van der Waals surface area contributed by atoms with Gasteiger partial charge in [-0.1, -0.05) is 54.6 Å². The highest BCUT2D eigenvalue weighted by atomic mass is 16.6. The summed E-state index contributed by atoms with van der Waals surface area (Å²) >= 11 is 0. The first-order valence-electron chi connectivity index (χ1n) is 10.4. The molecule has 0 saturated heterocycles. The molecular weight excluding hydrogens is 384 g/mol. The lowest BCUT2D eigenvalue weighted by Crippen LogP contribution is -2.08. The lowest BCUT2D eigenvalue weighted by atomic mass is 9.81. The summed E-state index contributed by atoms with van der Waals surface area (Å²) in [5.41, 5.74) is 7.95. The van der Waals surface area contributed by atoms with Crippen LogP contribution in [0.4, 0.5) is 5.69 Å². The van der Waals surface area contributed by atoms with E-state index in [4.69, 9.17) is 4.98 Å². The van der Waals surface area contributed by atoms with Crippen molar-refractivity contribution in [2.75, 3.05) is 0 Å². The summed E-state index contributed by atoms with van der Waals surface area (Å²) in [6, 6.07) is 28.0. The maximum absolute atomic E-state index is 11.1. The highest BCUT2D eigenvalue weighted by molar-refractivity contribution is 6.15. The molecular formula is C27H18N2O2. The van der Waals surface area contributed by atoms with Crippen LogP contribution >= 0.6 is 0 Å². The molecule has 0 saturated carbocycles. The first-order valence-corrected chi connectivity index (χ1v) is 10.4. The maximum atomic E-state index is 11.1. The maximum Gasteiger partial charge on any atom is 0.269 e. The van der Waals surface area contributed by atoms with Crippen LogP contribution in [0.1, 0.15) is 11.1 Å². The molecule has 0 aliphatic heterocycles. The van der Waals surface area contributed by atoms with E-state index in [-0.39, 0.29) is 10.6 Å². The number of fused-ring (bicyclic) bond motifs is 7. The van der Waals surface area contributed by atoms with Crippen LogP contribution in [0.3, 0.4) is 0 Å². The predicted molar refractivity (Wildman–Crippen MR) is 124 cm³/mol. The number of nitro benzene ring substituents is 1. The number of nitro groups is 1. The van der Waals surface area contributed by atoms with Crippen LogP contribution in [-0.2, 0) is 12.8 Å². The predicted octanol–water partition coefficient (Wildman–Crippen LogP) is 6.73. The van der Waals surface area contributed by atoms with E-state index < -0.39 is 0 Å². The van der Waals surface area contributed by atoms with Crippen molar-refractivity contribution in [2.24, 2.45) is 0 Å². The number of hydrogen-bond acceptors (Lipinski definition) is 3. The van der Waals surface area contributed by atoms with Gasteiger partial charge in [-0.3, -0.25) is 10.1 Å². The van der Waals surface area contributed by atoms with Gasteiger partial charge in [0.1, 0.15) is 0 Å². The Kier molecular flexibility index (Phi) is 3.87. The number of non-ortho nitro benzene ring substituents is 1. The van der Waals surface area contributed by atoms with Crippen molar-refractivity contribution < 1.29 is 4.92 Å². The van der Waals surface area contributed by atoms with E-state index in [1.54, 1.807) is 12.1 Å². The van der Waals surface area contributed by atoms with E-state index in [0.717, 1.165) is 29.6 Å². The monoisotopic (exact) mass is 402 g/mol. The Morgan fingerprint density at radius 2 is 1.58 bits per heavy atom. The minimum atomic E-state index is -0.366. The third kappa shape index (κ3) is 2.72. The molecule has 148 valence electrons. The lowest BCUT2D eigenvalue weighted by molar-refractivity contribution is -0.384. The summed E-state index contributed by atoms with van der Waals surface area (Å²) < 4.78 is 0. The second-order valence-electron chi connectivity index (χ2n) is 7.96. The molecule has 0 fully saturated rings. The van der Waals surface area contributed by atoms with Crippen LogP contribution in [0.15, 0.2) is 84.9 Å². The van der Waals surface area contributed by atoms with E-state index in [1.807, 2.05) is 12.1 Å². The van der Waals surface area contributed by atoms with Crippen molar-refractivity contribution in [3.63, 3.8) is 0 Å². The molecule has 1 heterocycles. The summed E-state index contributed by atoms with van der Waals surface area (Å²) in [5.74, 6) is 0. The lowest BCUT2D eigenvalue weighted by Gasteiger charge is -2.25. The second kappa shape index (κ2) is 6.74. The van der Waals surface area contributed by atoms with Crippen molar-refractivity contribution >= 4 is 27.4 Å². The van der Waals surface area contributed by atoms with Crippen LogP contribution < -0.4 is 0 Å². The van der Waals surface area contributed by atoms with Crippen LogP contribution in [-0.4, -0.2) is 9.91 Å². The number of aromatic nitrogens is 1. The zero-order chi connectivity index (χ0) is 20.9. The van der Waals surface area contributed by atoms with Gasteiger partial charge in [-0.05, 0) is 64.1 Å². The second-order valence-corrected chi connectivity index (χ2v) is 7.96. The average Bonchev–Trinajstić information content (AvgIpc) is 2.83. The highest BCUT2D eigenvalue weighted by Crippen LogP contribution is 2.44. The Bertz CT molecular complexity index is 1500. The van der Waals surface area contributed by atoms with E-state index >= 15 is 0 Å². The molecule has 0 spiro atoms. The minimum absolute atomic E-state index is 0.0924. The van der Waals surface area contributed by atoms with Crippen molar-refractivity contribution in [3.05, 3.63) is 106 Å². The fourth-order valence-corrected chi connectivity index (χ4v) is 4.84. The van der Waals surface area contributed by atoms with Gasteiger partial charge in [0.25, 0.3) is 5.69 Å². The molecule has 1 aliphatic rings. The number of nitrogens with zero attached hydrogens (tertiary/aromatic N) is 2. The van der Waals surface area contributed by atoms with E-state index in [9.17, 15) is 10.1 Å². The van der Waals surface area contributed by atoms with Crippen LogP contribution in [0.2, 0.25) is 0 Å². The third-order valence-corrected chi connectivity index (χ3v) is 6.26. The SMILES string of the molecule is O=[N+]([O-])c1ccc(-c2nc3ccc4ccccc4c3c3c2CCc2ccccc2-3)cc1. The van der Waals surface area contributed by atoms with Crippen LogP contribution in [0.5, 0.6) is 0 Å². The zero-order valence-corrected chi connectivity index (χ0v) is 16.7. The topological polar surface area (TPSA) is 56.0 Å². The first kappa shape index (κ1) is 17.8. The molecule has 5 aromatic rings. The molecule has 4 heteroatoms. The van der Waals surface area contributed by atoms with E-state index in [2.05, 4.69) is 60.7 Å². The third-order valence-electron chi connectivity index (χ3n) is 6.26. The Balaban J connectivity index is 1.73. The number of aryl methyl sites for hydroxylation is 1. The molecule has 4 nitrogen and oxygen atoms in total. The Labute approximate surface area is 179 Å². The Morgan fingerprint density at radius 1 is 0.806 bits per heavy atom. The van der Waals surface area contributed by atoms with Crippen LogP contribution in [0.25, 0.3) is 44.1 Å². The van der Waals surface area contributed by atoms with Crippen LogP contribution in [0, 0.1) is 10.1 Å². The molecule has 31 heavy (non-hydrogen) atoms. The van der Waals surface area contributed by atoms with Gasteiger partial charge in [0.2, 0.25) is 0 Å². The van der Waals surface area contributed by atoms with Gasteiger partial charge in [-0.15, -0.1) is 0 Å². The molecule has 0 bridgehead atoms. The van der Waals surface area contributed by atoms with Gasteiger partial charge in [-0.2, -0.15) is 0 Å². The fourth-order valence-electron chi connectivity index (χ4n) is 4.84. The van der Waals surface area contributed by atoms with E-state index in [1.165, 1.54) is 38.4 Å². The van der Waals surface area contributed by atoms with Crippen molar-refractivity contribution in [2.45, 2.75) is 12.8 Å². The molecule has 0 unspecified atom stereocenters. The quantitative estimate of drug-likeness (QED) is 0.187. The Hall–Kier alpha value is -4.05. The van der Waals surface area contributed by atoms with Crippen molar-refractivity contribution in [1.29, 1.82) is 0 Å². The summed E-state index contributed by atoms with van der Waals surface area (Å²) in [5, 5.41) is 14.7. The smallest absolute Gasteiger partial charge is 0.258 e. The largest absolute Gasteiger partial charge is 0.269 e. The number of hydrogen-bond donors (Lipinski definition) is 0. The molecule has 4 aromatic carbocycles. The molecule has 0 amide bonds. The molecule has 1 aromatic heterocycles. The molecule has 0 atom stereocenters. The normalized spacial score (nSPS) is 12.5. The fraction of sp³-hybridized carbons (Fsp3) is 0.0741. The van der Waals surface area contributed by atoms with Gasteiger partial charge in [0.15, 0.2) is 0 Å². The van der Waals surface area contributed by atoms with E-state index in [0.29, 0.717) is 0 Å². The van der Waals surface area contributed by atoms with Gasteiger partial charge in [-0.25, -0.2) is 4.98 Å². The number of pyridine rings is 1. The van der Waals surface area contributed by atoms with Gasteiger partial charge >= 0.3 is 0 Å². The number of rotatable bonds is 2. The standard InChI is InChI=1S/C27H18N2O2/c30-29(31)20-13-9-19(10-14-20)27-23-15-11-17-5-1-3-7-21(17)25(23)26-22-8-4-2-6-18(22)12-16-24(26)28-27/h1-10,12-14,16H,11,15H2. The summed E-state index contributed by atoms with van der Waals surface area (Å²) in [6.45, 7) is 0. The summed E-state index contributed by atoms with van der Waals surface area (Å²) in [6.07, 6.45) is 1.85. The van der Waals surface area contributed by atoms with Crippen molar-refractivity contribution in [1.82, 2.24) is 4.98 Å². The average molecular weight is 402 g/mol. The summed E-state index contributed by atoms with van der Waals surface area (Å²) in [7, 11) is 0. The summed E-state index contributed by atoms with van der Waals surface area (Å²) in [4.78, 5) is 15.8. The molecule has 0 radical (unpaired) electrons. The zero-order valence-electron chi connectivity index (χ0n) is 16.7.